The van der Waals surface area contributed by atoms with E-state index in [9.17, 15) is 43.2 Å². The Labute approximate surface area is 616 Å². The average molecular weight is 1510 g/mol. The Hall–Kier alpha value is -8.27. The highest BCUT2D eigenvalue weighted by Gasteiger charge is 2.60. The van der Waals surface area contributed by atoms with E-state index in [1.54, 1.807) is 79.7 Å². The summed E-state index contributed by atoms with van der Waals surface area (Å²) < 4.78 is 24.2. The van der Waals surface area contributed by atoms with Crippen LogP contribution in [0.25, 0.3) is 33.2 Å². The second-order valence-corrected chi connectivity index (χ2v) is 32.9. The zero-order valence-corrected chi connectivity index (χ0v) is 65.2. The van der Waals surface area contributed by atoms with Crippen molar-refractivity contribution in [2.24, 2.45) is 28.4 Å². The molecule has 8 atom stereocenters. The van der Waals surface area contributed by atoms with Crippen LogP contribution < -0.4 is 36.5 Å². The first-order chi connectivity index (χ1) is 47.2. The molecule has 0 bridgehead atoms. The summed E-state index contributed by atoms with van der Waals surface area (Å²) in [4.78, 5) is 131. The van der Waals surface area contributed by atoms with Crippen LogP contribution in [0.3, 0.4) is 0 Å². The number of likely N-dealkylation sites (tertiary alicyclic amines) is 2. The number of nitrogens with two attached hydrogens (primary N) is 1. The summed E-state index contributed by atoms with van der Waals surface area (Å²) in [5.74, 6) is -0.979. The number of hydrogen-bond donors (Lipinski definition) is 6. The second kappa shape index (κ2) is 33.4. The van der Waals surface area contributed by atoms with Gasteiger partial charge >= 0.3 is 12.2 Å². The Kier molecular flexibility index (Phi) is 27.1. The summed E-state index contributed by atoms with van der Waals surface area (Å²) >= 11 is 9.02. The lowest BCUT2D eigenvalue weighted by molar-refractivity contribution is -0.130. The predicted molar refractivity (Wildman–Crippen MR) is 402 cm³/mol. The molecule has 24 nitrogen and oxygen atoms in total. The predicted octanol–water partition coefficient (Wildman–Crippen LogP) is 12.1. The van der Waals surface area contributed by atoms with Crippen molar-refractivity contribution in [3.63, 3.8) is 0 Å². The van der Waals surface area contributed by atoms with Crippen molar-refractivity contribution in [2.75, 3.05) is 23.7 Å². The molecule has 2 aliphatic carbocycles. The fourth-order valence-corrected chi connectivity index (χ4v) is 12.7. The van der Waals surface area contributed by atoms with Gasteiger partial charge in [0.2, 0.25) is 23.6 Å². The zero-order valence-electron chi connectivity index (χ0n) is 61.9. The van der Waals surface area contributed by atoms with E-state index in [2.05, 4.69) is 72.5 Å². The number of carbonyl (C=O) groups excluding carboxylic acids is 9. The summed E-state index contributed by atoms with van der Waals surface area (Å²) in [6.45, 7) is 40.5. The molecular weight excluding hydrogens is 1410 g/mol. The maximum atomic E-state index is 13.7. The number of thiazole rings is 1. The van der Waals surface area contributed by atoms with Crippen molar-refractivity contribution in [1.29, 1.82) is 0 Å². The molecule has 5 heterocycles. The SMILES string of the molecule is C=C[C@@H]1C[C@]1(NC(=O)[C@@H]1C[C@@H](Oc2cc(-c3csc(NC(=O)CC(C)(C)C)n3)nc3cc(C)ccc23)CN1C(=O)OC(C)(C)C)C(C)=O.C=C[C@@H]1C[C@]1(NC(=O)[C@@H]1C[C@@H](Oc2cc(C(=O)CBr)nc3cc(C)ccc23)CN1C(=O)OC(C)(C)C)C(C)=O.CC(C)(C)CC(=O)NC(N)=S.CC(C)O. The van der Waals surface area contributed by atoms with Gasteiger partial charge in [0.25, 0.3) is 0 Å². The van der Waals surface area contributed by atoms with Gasteiger partial charge in [-0.1, -0.05) is 81.8 Å². The highest BCUT2D eigenvalue weighted by atomic mass is 79.9. The molecule has 7 N–H and O–H groups in total. The number of nitrogens with one attached hydrogen (secondary N) is 4. The number of anilines is 1. The van der Waals surface area contributed by atoms with Gasteiger partial charge in [-0.2, -0.15) is 0 Å². The molecule has 5 aromatic rings. The molecule has 2 aromatic carbocycles. The lowest BCUT2D eigenvalue weighted by atomic mass is 9.92. The number of carbonyl (C=O) groups is 9. The average Bonchev–Trinajstić information content (AvgIpc) is 1.58. The largest absolute Gasteiger partial charge is 0.488 e. The van der Waals surface area contributed by atoms with Gasteiger partial charge < -0.3 is 51.1 Å². The molecule has 0 spiro atoms. The molecule has 2 saturated carbocycles. The minimum absolute atomic E-state index is 0.0190. The van der Waals surface area contributed by atoms with E-state index in [4.69, 9.17) is 34.8 Å². The van der Waals surface area contributed by atoms with Gasteiger partial charge in [-0.3, -0.25) is 43.4 Å². The molecular formula is C75H101BrN10O14S2. The summed E-state index contributed by atoms with van der Waals surface area (Å²) in [5.41, 5.74) is 6.06. The van der Waals surface area contributed by atoms with Crippen LogP contribution in [-0.2, 0) is 38.2 Å². The molecule has 102 heavy (non-hydrogen) atoms. The van der Waals surface area contributed by atoms with Gasteiger partial charge in [0.05, 0.1) is 35.1 Å². The van der Waals surface area contributed by atoms with E-state index in [-0.39, 0.29) is 100 Å². The van der Waals surface area contributed by atoms with E-state index in [0.717, 1.165) is 16.5 Å². The number of aromatic nitrogens is 3. The Balaban J connectivity index is 0.000000271. The van der Waals surface area contributed by atoms with Gasteiger partial charge in [-0.05, 0) is 154 Å². The molecule has 3 aromatic heterocycles. The van der Waals surface area contributed by atoms with Crippen LogP contribution in [0.5, 0.6) is 11.5 Å². The lowest BCUT2D eigenvalue weighted by Gasteiger charge is -2.28. The van der Waals surface area contributed by atoms with Crippen LogP contribution in [0.2, 0.25) is 0 Å². The standard InChI is InChI=1S/C36H45N5O6S.C29H34BrN3O6.C7H14N2OS.C3H8O/c1-10-22-16-36(22,21(3)42)40-31(44)28-14-23(18-41(28)33(45)47-35(7,8)9)46-29-15-26(37-25-13-20(2)11-12-24(25)29)27-19-48-32(38-27)39-30(43)17-34(4,5)6;1-7-18-13-29(18,17(3)34)32-26(36)23-11-19(15-33(23)27(37)39-28(4,5)6)38-25-12-22(24(35)14-30)31-21-10-16(2)8-9-20(21)25;1-7(2,3)4-5(10)9-6(8)11;1-3(2)4/h10-13,15,19,22-23,28H,1,14,16-18H2,2-9H3,(H,40,44)(H,38,39,43);7-10,12,18-19,23H,1,11,13-15H2,2-6H3,(H,32,36);4H2,1-3H3,(H3,8,9,10,11);3-4H,1-2H3/t22-,23-,28+,36+;18-,19-,23+,29+;;/m11../s1. The fraction of sp³-hybridized carbons (Fsp3) is 0.533. The first kappa shape index (κ1) is 82.7. The van der Waals surface area contributed by atoms with Crippen LogP contribution in [0.1, 0.15) is 171 Å². The number of alkyl halides is 1. The van der Waals surface area contributed by atoms with Gasteiger partial charge in [0, 0.05) is 71.9 Å². The third-order valence-corrected chi connectivity index (χ3v) is 17.8. The third-order valence-electron chi connectivity index (χ3n) is 16.4. The van der Waals surface area contributed by atoms with Gasteiger partial charge in [-0.25, -0.2) is 24.5 Å². The Bertz CT molecular complexity index is 4020. The van der Waals surface area contributed by atoms with Crippen molar-refractivity contribution < 1.29 is 67.2 Å². The van der Waals surface area contributed by atoms with E-state index < -0.39 is 70.6 Å². The summed E-state index contributed by atoms with van der Waals surface area (Å²) in [5, 5.41) is 23.1. The summed E-state index contributed by atoms with van der Waals surface area (Å²) in [6, 6.07) is 13.1. The molecule has 4 fully saturated rings. The number of rotatable bonds is 18. The van der Waals surface area contributed by atoms with Crippen molar-refractivity contribution in [3.8, 4) is 22.9 Å². The van der Waals surface area contributed by atoms with Crippen LogP contribution in [0.15, 0.2) is 79.2 Å². The van der Waals surface area contributed by atoms with E-state index >= 15 is 0 Å². The Morgan fingerprint density at radius 2 is 1.10 bits per heavy atom. The molecule has 0 radical (unpaired) electrons. The van der Waals surface area contributed by atoms with Gasteiger partial charge in [-0.15, -0.1) is 24.5 Å². The smallest absolute Gasteiger partial charge is 0.411 e. The van der Waals surface area contributed by atoms with Crippen molar-refractivity contribution in [1.82, 2.24) is 40.7 Å². The summed E-state index contributed by atoms with van der Waals surface area (Å²) in [7, 11) is 0. The van der Waals surface area contributed by atoms with Gasteiger partial charge in [0.1, 0.15) is 69.5 Å². The highest BCUT2D eigenvalue weighted by Crippen LogP contribution is 2.47. The zero-order chi connectivity index (χ0) is 76.5. The first-order valence-electron chi connectivity index (χ1n) is 33.9. The number of Topliss-reactive ketones (excluding diaryl/α,β-unsaturated/α-hetero) is 3. The fourth-order valence-electron chi connectivity index (χ4n) is 11.6. The molecule has 2 aliphatic heterocycles. The van der Waals surface area contributed by atoms with E-state index in [1.807, 2.05) is 97.2 Å². The van der Waals surface area contributed by atoms with Crippen molar-refractivity contribution in [3.05, 3.63) is 96.0 Å². The van der Waals surface area contributed by atoms with E-state index in [1.165, 1.54) is 35.0 Å². The van der Waals surface area contributed by atoms with Crippen molar-refractivity contribution >= 4 is 125 Å². The van der Waals surface area contributed by atoms with Crippen molar-refractivity contribution in [2.45, 2.75) is 216 Å². The number of nitrogens with zero attached hydrogens (tertiary/aromatic N) is 5. The minimum Gasteiger partial charge on any atom is -0.488 e. The number of ketones is 3. The number of pyridine rings is 2. The van der Waals surface area contributed by atoms with Crippen LogP contribution in [0, 0.1) is 36.5 Å². The Morgan fingerprint density at radius 3 is 1.48 bits per heavy atom. The molecule has 4 aliphatic rings. The maximum absolute atomic E-state index is 13.7. The molecule has 6 amide bonds. The number of amides is 6. The van der Waals surface area contributed by atoms with E-state index in [0.29, 0.717) is 70.1 Å². The highest BCUT2D eigenvalue weighted by molar-refractivity contribution is 9.09. The normalized spacial score (nSPS) is 21.3. The number of ether oxygens (including phenoxy) is 4. The number of benzene rings is 2. The second-order valence-electron chi connectivity index (χ2n) is 31.1. The molecule has 2 saturated heterocycles. The monoisotopic (exact) mass is 1510 g/mol. The van der Waals surface area contributed by atoms with Crippen LogP contribution in [-0.4, -0.2) is 159 Å². The number of aryl methyl sites for hydroxylation is 2. The molecule has 9 rings (SSSR count). The Morgan fingerprint density at radius 1 is 0.676 bits per heavy atom. The third kappa shape index (κ3) is 23.1. The molecule has 554 valence electrons. The topological polar surface area (TPSA) is 330 Å². The lowest BCUT2D eigenvalue weighted by Crippen LogP contribution is -2.53. The number of fused-ring (bicyclic) bond motifs is 2. The number of halogens is 1. The maximum Gasteiger partial charge on any atom is 0.411 e. The van der Waals surface area contributed by atoms with Crippen LogP contribution >= 0.6 is 39.5 Å². The number of aliphatic hydroxyl groups is 1. The minimum atomic E-state index is -1.01. The van der Waals surface area contributed by atoms with Crippen LogP contribution in [0.4, 0.5) is 14.7 Å². The summed E-state index contributed by atoms with van der Waals surface area (Å²) in [6.07, 6.45) is 2.84. The molecule has 27 heteroatoms. The quantitative estimate of drug-likeness (QED) is 0.0205. The number of aliphatic hydroxyl groups excluding tert-OH is 1. The first-order valence-corrected chi connectivity index (χ1v) is 36.3. The number of hydrogen-bond acceptors (Lipinski definition) is 19. The molecule has 0 unspecified atom stereocenters. The number of thiocarbonyl (C=S) groups is 1. The van der Waals surface area contributed by atoms with Gasteiger partial charge in [0.15, 0.2) is 27.6 Å².